The van der Waals surface area contributed by atoms with E-state index in [2.05, 4.69) is 40.8 Å². The highest BCUT2D eigenvalue weighted by Gasteiger charge is 2.03. The topological polar surface area (TPSA) is 63.1 Å². The molecule has 3 rings (SSSR count). The number of hydrogen-bond donors (Lipinski definition) is 3. The summed E-state index contributed by atoms with van der Waals surface area (Å²) in [6.07, 6.45) is 4.30. The number of nitrogens with one attached hydrogen (secondary N) is 2. The number of nitrogen functional groups attached to an aromatic ring is 1. The number of ether oxygens (including phenoxy) is 1. The van der Waals surface area contributed by atoms with Crippen LogP contribution < -0.4 is 15.8 Å². The lowest BCUT2D eigenvalue weighted by molar-refractivity contribution is 0.315. The highest BCUT2D eigenvalue weighted by atomic mass is 16.5. The molecule has 0 unspecified atom stereocenters. The zero-order valence-corrected chi connectivity index (χ0v) is 14.1. The molecule has 0 saturated carbocycles. The third-order valence-corrected chi connectivity index (χ3v) is 4.30. The van der Waals surface area contributed by atoms with E-state index in [0.29, 0.717) is 6.61 Å². The standard InChI is InChI=1S/C20H25N3O/c1-15-6-4-10-19(20(15)21)24-13-12-22-11-5-7-16-14-23-18-9-3-2-8-17(16)18/h2-4,6,8-10,14,22-23H,5,7,11-13,21H2,1H3. The van der Waals surface area contributed by atoms with Crippen molar-refractivity contribution in [3.05, 3.63) is 59.8 Å². The molecule has 0 aliphatic rings. The van der Waals surface area contributed by atoms with E-state index < -0.39 is 0 Å². The van der Waals surface area contributed by atoms with Crippen molar-refractivity contribution in [2.45, 2.75) is 19.8 Å². The lowest BCUT2D eigenvalue weighted by Crippen LogP contribution is -2.22. The van der Waals surface area contributed by atoms with Crippen LogP contribution in [-0.4, -0.2) is 24.7 Å². The minimum atomic E-state index is 0.626. The Hall–Kier alpha value is -2.46. The van der Waals surface area contributed by atoms with Crippen LogP contribution >= 0.6 is 0 Å². The van der Waals surface area contributed by atoms with Gasteiger partial charge in [0, 0.05) is 23.6 Å². The Morgan fingerprint density at radius 3 is 2.88 bits per heavy atom. The number of hydrogen-bond acceptors (Lipinski definition) is 3. The van der Waals surface area contributed by atoms with E-state index in [1.165, 1.54) is 16.5 Å². The fourth-order valence-corrected chi connectivity index (χ4v) is 2.88. The summed E-state index contributed by atoms with van der Waals surface area (Å²) in [4.78, 5) is 3.33. The minimum absolute atomic E-state index is 0.626. The number of nitrogens with two attached hydrogens (primary N) is 1. The molecule has 4 heteroatoms. The molecule has 3 aromatic rings. The maximum Gasteiger partial charge on any atom is 0.142 e. The number of aromatic amines is 1. The molecule has 0 atom stereocenters. The number of benzene rings is 2. The van der Waals surface area contributed by atoms with Crippen LogP contribution in [-0.2, 0) is 6.42 Å². The molecule has 1 aromatic heterocycles. The highest BCUT2D eigenvalue weighted by Crippen LogP contribution is 2.24. The van der Waals surface area contributed by atoms with Crippen LogP contribution in [0.3, 0.4) is 0 Å². The summed E-state index contributed by atoms with van der Waals surface area (Å²) in [6, 6.07) is 14.3. The van der Waals surface area contributed by atoms with Crippen molar-refractivity contribution in [1.29, 1.82) is 0 Å². The summed E-state index contributed by atoms with van der Waals surface area (Å²) in [6.45, 7) is 4.42. The first-order valence-electron chi connectivity index (χ1n) is 8.49. The number of H-pyrrole nitrogens is 1. The van der Waals surface area contributed by atoms with Gasteiger partial charge >= 0.3 is 0 Å². The number of rotatable bonds is 8. The van der Waals surface area contributed by atoms with Crippen LogP contribution in [0.2, 0.25) is 0 Å². The van der Waals surface area contributed by atoms with Crippen LogP contribution in [0.15, 0.2) is 48.7 Å². The van der Waals surface area contributed by atoms with E-state index in [0.717, 1.165) is 42.9 Å². The van der Waals surface area contributed by atoms with Crippen molar-refractivity contribution in [3.63, 3.8) is 0 Å². The molecule has 1 heterocycles. The number of anilines is 1. The summed E-state index contributed by atoms with van der Waals surface area (Å²) in [5.74, 6) is 0.774. The molecule has 0 radical (unpaired) electrons. The fraction of sp³-hybridized carbons (Fsp3) is 0.300. The van der Waals surface area contributed by atoms with Crippen molar-refractivity contribution in [2.24, 2.45) is 0 Å². The Morgan fingerprint density at radius 1 is 1.08 bits per heavy atom. The van der Waals surface area contributed by atoms with Gasteiger partial charge in [0.25, 0.3) is 0 Å². The predicted octanol–water partition coefficient (Wildman–Crippen LogP) is 3.66. The number of fused-ring (bicyclic) bond motifs is 1. The van der Waals surface area contributed by atoms with Crippen LogP contribution in [0.5, 0.6) is 5.75 Å². The van der Waals surface area contributed by atoms with Crippen LogP contribution in [0, 0.1) is 6.92 Å². The van der Waals surface area contributed by atoms with Gasteiger partial charge in [-0.25, -0.2) is 0 Å². The van der Waals surface area contributed by atoms with Gasteiger partial charge in [-0.1, -0.05) is 30.3 Å². The zero-order chi connectivity index (χ0) is 16.8. The normalized spacial score (nSPS) is 11.0. The van der Waals surface area contributed by atoms with Gasteiger partial charge in [0.1, 0.15) is 12.4 Å². The molecular weight excluding hydrogens is 298 g/mol. The van der Waals surface area contributed by atoms with Gasteiger partial charge in [-0.3, -0.25) is 0 Å². The van der Waals surface area contributed by atoms with Crippen molar-refractivity contribution >= 4 is 16.6 Å². The molecule has 0 fully saturated rings. The zero-order valence-electron chi connectivity index (χ0n) is 14.1. The minimum Gasteiger partial charge on any atom is -0.490 e. The first-order chi connectivity index (χ1) is 11.8. The molecule has 4 nitrogen and oxygen atoms in total. The molecule has 4 N–H and O–H groups in total. The Balaban J connectivity index is 1.35. The first kappa shape index (κ1) is 16.4. The second kappa shape index (κ2) is 7.88. The van der Waals surface area contributed by atoms with Crippen molar-refractivity contribution in [1.82, 2.24) is 10.3 Å². The summed E-state index contributed by atoms with van der Waals surface area (Å²) >= 11 is 0. The SMILES string of the molecule is Cc1cccc(OCCNCCCc2c[nH]c3ccccc23)c1N. The molecule has 0 spiro atoms. The fourth-order valence-electron chi connectivity index (χ4n) is 2.88. The van der Waals surface area contributed by atoms with E-state index in [9.17, 15) is 0 Å². The summed E-state index contributed by atoms with van der Waals surface area (Å²) in [5, 5.41) is 4.75. The van der Waals surface area contributed by atoms with E-state index in [1.807, 2.05) is 25.1 Å². The molecule has 126 valence electrons. The maximum absolute atomic E-state index is 6.00. The quantitative estimate of drug-likeness (QED) is 0.438. The molecule has 24 heavy (non-hydrogen) atoms. The van der Waals surface area contributed by atoms with Gasteiger partial charge in [-0.2, -0.15) is 0 Å². The van der Waals surface area contributed by atoms with Crippen molar-refractivity contribution in [3.8, 4) is 5.75 Å². The molecule has 0 saturated heterocycles. The first-order valence-corrected chi connectivity index (χ1v) is 8.49. The summed E-state index contributed by atoms with van der Waals surface area (Å²) in [5.41, 5.74) is 10.4. The highest BCUT2D eigenvalue weighted by molar-refractivity contribution is 5.82. The maximum atomic E-state index is 6.00. The average molecular weight is 323 g/mol. The van der Waals surface area contributed by atoms with Crippen LogP contribution in [0.25, 0.3) is 10.9 Å². The molecule has 0 bridgehead atoms. The van der Waals surface area contributed by atoms with Gasteiger partial charge < -0.3 is 20.8 Å². The summed E-state index contributed by atoms with van der Waals surface area (Å²) < 4.78 is 5.74. The second-order valence-electron chi connectivity index (χ2n) is 6.05. The predicted molar refractivity (Wildman–Crippen MR) is 101 cm³/mol. The number of aryl methyl sites for hydroxylation is 2. The van der Waals surface area contributed by atoms with Gasteiger partial charge in [0.2, 0.25) is 0 Å². The van der Waals surface area contributed by atoms with Crippen molar-refractivity contribution in [2.75, 3.05) is 25.4 Å². The Labute approximate surface area is 143 Å². The smallest absolute Gasteiger partial charge is 0.142 e. The van der Waals surface area contributed by atoms with Crippen LogP contribution in [0.4, 0.5) is 5.69 Å². The van der Waals surface area contributed by atoms with Gasteiger partial charge in [-0.15, -0.1) is 0 Å². The number of aromatic nitrogens is 1. The Bertz CT molecular complexity index is 794. The summed E-state index contributed by atoms with van der Waals surface area (Å²) in [7, 11) is 0. The van der Waals surface area contributed by atoms with Gasteiger partial charge in [0.05, 0.1) is 5.69 Å². The van der Waals surface area contributed by atoms with E-state index in [-0.39, 0.29) is 0 Å². The largest absolute Gasteiger partial charge is 0.490 e. The van der Waals surface area contributed by atoms with Gasteiger partial charge in [0.15, 0.2) is 0 Å². The van der Waals surface area contributed by atoms with Crippen molar-refractivity contribution < 1.29 is 4.74 Å². The molecular formula is C20H25N3O. The lowest BCUT2D eigenvalue weighted by atomic mass is 10.1. The molecule has 0 amide bonds. The van der Waals surface area contributed by atoms with E-state index in [4.69, 9.17) is 10.5 Å². The second-order valence-corrected chi connectivity index (χ2v) is 6.05. The monoisotopic (exact) mass is 323 g/mol. The molecule has 0 aliphatic carbocycles. The third kappa shape index (κ3) is 3.89. The van der Waals surface area contributed by atoms with E-state index in [1.54, 1.807) is 0 Å². The van der Waals surface area contributed by atoms with E-state index >= 15 is 0 Å². The van der Waals surface area contributed by atoms with Crippen LogP contribution in [0.1, 0.15) is 17.5 Å². The average Bonchev–Trinajstić information content (AvgIpc) is 3.01. The Morgan fingerprint density at radius 2 is 1.96 bits per heavy atom. The third-order valence-electron chi connectivity index (χ3n) is 4.30. The molecule has 2 aromatic carbocycles. The molecule has 0 aliphatic heterocycles. The Kier molecular flexibility index (Phi) is 5.39. The number of para-hydroxylation sites is 2. The lowest BCUT2D eigenvalue weighted by Gasteiger charge is -2.11. The van der Waals surface area contributed by atoms with Gasteiger partial charge in [-0.05, 0) is 49.6 Å².